The Morgan fingerprint density at radius 3 is 2.21 bits per heavy atom. The van der Waals surface area contributed by atoms with Crippen LogP contribution < -0.4 is 5.32 Å². The number of alkyl halides is 1. The van der Waals surface area contributed by atoms with Gasteiger partial charge in [0.05, 0.1) is 13.8 Å². The Kier molecular flexibility index (Phi) is 8.49. The van der Waals surface area contributed by atoms with Crippen molar-refractivity contribution in [2.24, 2.45) is 5.41 Å². The predicted octanol–water partition coefficient (Wildman–Crippen LogP) is 2.75. The van der Waals surface area contributed by atoms with Gasteiger partial charge in [0.1, 0.15) is 0 Å². The summed E-state index contributed by atoms with van der Waals surface area (Å²) >= 11 is 0. The summed E-state index contributed by atoms with van der Waals surface area (Å²) in [4.78, 5) is 10.7. The van der Waals surface area contributed by atoms with Crippen molar-refractivity contribution in [3.05, 3.63) is 0 Å². The molecule has 3 nitrogen and oxygen atoms in total. The van der Waals surface area contributed by atoms with Crippen molar-refractivity contribution < 1.29 is 13.9 Å². The summed E-state index contributed by atoms with van der Waals surface area (Å²) in [5.74, 6) is 0. The predicted molar refractivity (Wildman–Crippen MR) is 56.1 cm³/mol. The smallest absolute Gasteiger partial charge is 0.407 e. The van der Waals surface area contributed by atoms with Gasteiger partial charge >= 0.3 is 6.09 Å². The van der Waals surface area contributed by atoms with E-state index in [9.17, 15) is 9.18 Å². The van der Waals surface area contributed by atoms with E-state index in [0.717, 1.165) is 0 Å². The number of methoxy groups -OCH3 is 1. The normalized spacial score (nSPS) is 12.2. The first-order chi connectivity index (χ1) is 6.44. The van der Waals surface area contributed by atoms with E-state index in [4.69, 9.17) is 0 Å². The van der Waals surface area contributed by atoms with Crippen molar-refractivity contribution in [2.45, 2.75) is 40.7 Å². The Hall–Kier alpha value is -0.800. The first kappa shape index (κ1) is 15.7. The standard InChI is InChI=1S/C8H16FNO2.C2H6/c1-6(8(2,3)5-9)10-7(11)12-4;1-2/h6H,5H2,1-4H3,(H,10,11);1-2H3. The number of carbonyl (C=O) groups is 1. The zero-order valence-corrected chi connectivity index (χ0v) is 9.98. The molecule has 4 heteroatoms. The molecule has 0 rings (SSSR count). The van der Waals surface area contributed by atoms with Crippen molar-refractivity contribution in [1.29, 1.82) is 0 Å². The lowest BCUT2D eigenvalue weighted by atomic mass is 9.87. The topological polar surface area (TPSA) is 38.3 Å². The van der Waals surface area contributed by atoms with Crippen LogP contribution in [0, 0.1) is 5.41 Å². The number of carbonyl (C=O) groups excluding carboxylic acids is 1. The SMILES string of the molecule is CC.COC(=O)NC(C)C(C)(C)CF. The average molecular weight is 207 g/mol. The Morgan fingerprint density at radius 2 is 1.93 bits per heavy atom. The van der Waals surface area contributed by atoms with Crippen LogP contribution in [-0.4, -0.2) is 25.9 Å². The lowest BCUT2D eigenvalue weighted by Crippen LogP contribution is -2.43. The maximum absolute atomic E-state index is 12.4. The minimum Gasteiger partial charge on any atom is -0.453 e. The second-order valence-electron chi connectivity index (χ2n) is 3.48. The van der Waals surface area contributed by atoms with Gasteiger partial charge in [0.2, 0.25) is 0 Å². The van der Waals surface area contributed by atoms with Gasteiger partial charge in [-0.15, -0.1) is 0 Å². The molecule has 0 aromatic carbocycles. The third kappa shape index (κ3) is 5.78. The number of nitrogens with one attached hydrogen (secondary N) is 1. The van der Waals surface area contributed by atoms with Crippen molar-refractivity contribution in [1.82, 2.24) is 5.32 Å². The molecule has 1 N–H and O–H groups in total. The number of hydrogen-bond donors (Lipinski definition) is 1. The quantitative estimate of drug-likeness (QED) is 0.772. The minimum absolute atomic E-state index is 0.241. The largest absolute Gasteiger partial charge is 0.453 e. The van der Waals surface area contributed by atoms with E-state index in [0.29, 0.717) is 0 Å². The Morgan fingerprint density at radius 1 is 1.50 bits per heavy atom. The molecule has 14 heavy (non-hydrogen) atoms. The first-order valence-electron chi connectivity index (χ1n) is 4.84. The first-order valence-corrected chi connectivity index (χ1v) is 4.84. The van der Waals surface area contributed by atoms with Crippen LogP contribution in [0.2, 0.25) is 0 Å². The van der Waals surface area contributed by atoms with E-state index >= 15 is 0 Å². The molecular weight excluding hydrogens is 185 g/mol. The van der Waals surface area contributed by atoms with Crippen LogP contribution in [0.15, 0.2) is 0 Å². The third-order valence-electron chi connectivity index (χ3n) is 2.04. The van der Waals surface area contributed by atoms with Crippen molar-refractivity contribution in [3.8, 4) is 0 Å². The number of ether oxygens (including phenoxy) is 1. The molecule has 0 fully saturated rings. The molecule has 0 aliphatic carbocycles. The summed E-state index contributed by atoms with van der Waals surface area (Å²) in [6.07, 6.45) is -0.524. The highest BCUT2D eigenvalue weighted by molar-refractivity contribution is 5.67. The van der Waals surface area contributed by atoms with Gasteiger partial charge in [0.15, 0.2) is 0 Å². The summed E-state index contributed by atoms with van der Waals surface area (Å²) in [7, 11) is 1.28. The van der Waals surface area contributed by atoms with E-state index in [1.54, 1.807) is 20.8 Å². The summed E-state index contributed by atoms with van der Waals surface area (Å²) < 4.78 is 16.8. The van der Waals surface area contributed by atoms with Crippen LogP contribution in [0.4, 0.5) is 9.18 Å². The van der Waals surface area contributed by atoms with Gasteiger partial charge in [-0.25, -0.2) is 4.79 Å². The molecule has 0 bridgehead atoms. The fourth-order valence-electron chi connectivity index (χ4n) is 0.547. The molecule has 0 radical (unpaired) electrons. The fraction of sp³-hybridized carbons (Fsp3) is 0.900. The molecular formula is C10H22FNO2. The van der Waals surface area contributed by atoms with E-state index in [1.807, 2.05) is 13.8 Å². The molecule has 0 aliphatic rings. The van der Waals surface area contributed by atoms with Crippen molar-refractivity contribution in [2.75, 3.05) is 13.8 Å². The summed E-state index contributed by atoms with van der Waals surface area (Å²) in [5.41, 5.74) is -0.547. The van der Waals surface area contributed by atoms with Gasteiger partial charge in [0, 0.05) is 11.5 Å². The highest BCUT2D eigenvalue weighted by atomic mass is 19.1. The number of halogens is 1. The van der Waals surface area contributed by atoms with Crippen molar-refractivity contribution >= 4 is 6.09 Å². The number of alkyl carbamates (subject to hydrolysis) is 1. The molecule has 0 aromatic rings. The molecule has 0 heterocycles. The fourth-order valence-corrected chi connectivity index (χ4v) is 0.547. The van der Waals surface area contributed by atoms with Gasteiger partial charge in [-0.3, -0.25) is 4.39 Å². The molecule has 0 aromatic heterocycles. The molecule has 86 valence electrons. The Bertz CT molecular complexity index is 160. The Labute approximate surface area is 86.0 Å². The van der Waals surface area contributed by atoms with Crippen LogP contribution >= 0.6 is 0 Å². The highest BCUT2D eigenvalue weighted by Gasteiger charge is 2.27. The number of amides is 1. The van der Waals surface area contributed by atoms with Crippen LogP contribution in [0.3, 0.4) is 0 Å². The maximum Gasteiger partial charge on any atom is 0.407 e. The van der Waals surface area contributed by atoms with Gasteiger partial charge in [-0.2, -0.15) is 0 Å². The van der Waals surface area contributed by atoms with Crippen LogP contribution in [0.25, 0.3) is 0 Å². The molecule has 0 saturated carbocycles. The Balaban J connectivity index is 0. The van der Waals surface area contributed by atoms with Gasteiger partial charge in [-0.1, -0.05) is 27.7 Å². The van der Waals surface area contributed by atoms with Gasteiger partial charge < -0.3 is 10.1 Å². The molecule has 0 spiro atoms. The van der Waals surface area contributed by atoms with E-state index in [1.165, 1.54) is 7.11 Å². The van der Waals surface area contributed by atoms with Crippen LogP contribution in [-0.2, 0) is 4.74 Å². The van der Waals surface area contributed by atoms with Crippen LogP contribution in [0.1, 0.15) is 34.6 Å². The average Bonchev–Trinajstić information content (AvgIpc) is 2.20. The zero-order chi connectivity index (χ0) is 11.8. The number of hydrogen-bond acceptors (Lipinski definition) is 2. The number of rotatable bonds is 3. The van der Waals surface area contributed by atoms with E-state index in [-0.39, 0.29) is 6.04 Å². The zero-order valence-electron chi connectivity index (χ0n) is 9.98. The summed E-state index contributed by atoms with van der Waals surface area (Å²) in [6.45, 7) is 8.76. The lowest BCUT2D eigenvalue weighted by Gasteiger charge is -2.28. The highest BCUT2D eigenvalue weighted by Crippen LogP contribution is 2.20. The van der Waals surface area contributed by atoms with Gasteiger partial charge in [0.25, 0.3) is 0 Å². The molecule has 0 aliphatic heterocycles. The second-order valence-corrected chi connectivity index (χ2v) is 3.48. The molecule has 1 amide bonds. The summed E-state index contributed by atoms with van der Waals surface area (Å²) in [5, 5.41) is 2.52. The van der Waals surface area contributed by atoms with E-state index < -0.39 is 18.2 Å². The van der Waals surface area contributed by atoms with Crippen molar-refractivity contribution in [3.63, 3.8) is 0 Å². The second kappa shape index (κ2) is 7.59. The third-order valence-corrected chi connectivity index (χ3v) is 2.04. The van der Waals surface area contributed by atoms with Crippen LogP contribution in [0.5, 0.6) is 0 Å². The molecule has 1 atom stereocenters. The minimum atomic E-state index is -0.547. The van der Waals surface area contributed by atoms with E-state index in [2.05, 4.69) is 10.1 Å². The lowest BCUT2D eigenvalue weighted by molar-refractivity contribution is 0.143. The van der Waals surface area contributed by atoms with Gasteiger partial charge in [-0.05, 0) is 6.92 Å². The monoisotopic (exact) mass is 207 g/mol. The maximum atomic E-state index is 12.4. The molecule has 0 saturated heterocycles. The molecule has 1 unspecified atom stereocenters. The summed E-state index contributed by atoms with van der Waals surface area (Å²) in [6, 6.07) is -0.241.